The lowest BCUT2D eigenvalue weighted by molar-refractivity contribution is -0.173. The lowest BCUT2D eigenvalue weighted by atomic mass is 9.84. The van der Waals surface area contributed by atoms with Gasteiger partial charge < -0.3 is 14.4 Å². The quantitative estimate of drug-likeness (QED) is 0.848. The van der Waals surface area contributed by atoms with Gasteiger partial charge in [0.15, 0.2) is 0 Å². The third kappa shape index (κ3) is 3.42. The normalized spacial score (nSPS) is 21.3. The van der Waals surface area contributed by atoms with Crippen molar-refractivity contribution in [3.63, 3.8) is 0 Å². The predicted octanol–water partition coefficient (Wildman–Crippen LogP) is 2.55. The van der Waals surface area contributed by atoms with E-state index in [9.17, 15) is 4.79 Å². The van der Waals surface area contributed by atoms with Gasteiger partial charge in [-0.3, -0.25) is 14.8 Å². The number of aromatic nitrogens is 2. The van der Waals surface area contributed by atoms with Crippen molar-refractivity contribution in [2.45, 2.75) is 38.4 Å². The second-order valence-electron chi connectivity index (χ2n) is 7.25. The zero-order valence-corrected chi connectivity index (χ0v) is 15.1. The summed E-state index contributed by atoms with van der Waals surface area (Å²) in [5, 5.41) is 0. The summed E-state index contributed by atoms with van der Waals surface area (Å²) in [7, 11) is 0. The number of carbonyl (C=O) groups is 1. The molecular weight excluding hydrogens is 330 g/mol. The van der Waals surface area contributed by atoms with Crippen LogP contribution in [-0.4, -0.2) is 52.2 Å². The molecule has 1 spiro atoms. The first-order valence-corrected chi connectivity index (χ1v) is 8.98. The Morgan fingerprint density at radius 2 is 2.08 bits per heavy atom. The van der Waals surface area contributed by atoms with Crippen LogP contribution in [0.3, 0.4) is 0 Å². The summed E-state index contributed by atoms with van der Waals surface area (Å²) in [5.74, 6) is 0.827. The third-order valence-electron chi connectivity index (χ3n) is 4.96. The van der Waals surface area contributed by atoms with Crippen LogP contribution in [0.15, 0.2) is 36.7 Å². The van der Waals surface area contributed by atoms with Gasteiger partial charge in [-0.15, -0.1) is 0 Å². The van der Waals surface area contributed by atoms with Gasteiger partial charge in [0.2, 0.25) is 0 Å². The fourth-order valence-electron chi connectivity index (χ4n) is 3.85. The molecule has 6 heteroatoms. The molecule has 0 bridgehead atoms. The molecule has 0 aromatic carbocycles. The Labute approximate surface area is 153 Å². The molecule has 0 N–H and O–H groups in total. The lowest BCUT2D eigenvalue weighted by Gasteiger charge is -2.52. The molecular formula is C20H23N3O3. The highest BCUT2D eigenvalue weighted by Gasteiger charge is 2.50. The second kappa shape index (κ2) is 6.68. The molecule has 1 amide bonds. The van der Waals surface area contributed by atoms with Crippen LogP contribution < -0.4 is 4.74 Å². The van der Waals surface area contributed by atoms with Gasteiger partial charge in [-0.05, 0) is 38.1 Å². The van der Waals surface area contributed by atoms with Crippen LogP contribution in [0, 0.1) is 13.8 Å². The number of rotatable bonds is 3. The van der Waals surface area contributed by atoms with Gasteiger partial charge in [0.05, 0.1) is 25.9 Å². The number of nitrogens with zero attached hydrogens (tertiary/aromatic N) is 3. The summed E-state index contributed by atoms with van der Waals surface area (Å²) in [4.78, 5) is 23.0. The average molecular weight is 353 g/mol. The molecule has 136 valence electrons. The molecule has 26 heavy (non-hydrogen) atoms. The number of ether oxygens (including phenoxy) is 2. The first-order valence-electron chi connectivity index (χ1n) is 8.98. The van der Waals surface area contributed by atoms with E-state index in [1.54, 1.807) is 12.4 Å². The monoisotopic (exact) mass is 353 g/mol. The van der Waals surface area contributed by atoms with E-state index in [2.05, 4.69) is 9.97 Å². The molecule has 0 radical (unpaired) electrons. The van der Waals surface area contributed by atoms with E-state index in [1.165, 1.54) is 0 Å². The minimum Gasteiger partial charge on any atom is -0.489 e. The maximum atomic E-state index is 12.7. The highest BCUT2D eigenvalue weighted by Crippen LogP contribution is 2.36. The fraction of sp³-hybridized carbons (Fsp3) is 0.450. The Hall–Kier alpha value is -2.47. The van der Waals surface area contributed by atoms with E-state index in [0.717, 1.165) is 30.0 Å². The van der Waals surface area contributed by atoms with Crippen LogP contribution >= 0.6 is 0 Å². The average Bonchev–Trinajstić information content (AvgIpc) is 2.59. The molecule has 1 atom stereocenters. The molecule has 2 aliphatic rings. The number of aryl methyl sites for hydroxylation is 2. The number of carbonyl (C=O) groups excluding carboxylic acids is 1. The lowest BCUT2D eigenvalue weighted by Crippen LogP contribution is -2.67. The number of hydrogen-bond acceptors (Lipinski definition) is 5. The van der Waals surface area contributed by atoms with Crippen molar-refractivity contribution in [2.75, 3.05) is 19.7 Å². The Balaban J connectivity index is 1.38. The molecule has 2 fully saturated rings. The minimum atomic E-state index is -0.280. The highest BCUT2D eigenvalue weighted by molar-refractivity contribution is 5.95. The molecule has 4 rings (SSSR count). The van der Waals surface area contributed by atoms with Crippen molar-refractivity contribution >= 4 is 5.91 Å². The fourth-order valence-corrected chi connectivity index (χ4v) is 3.85. The molecule has 2 saturated heterocycles. The first kappa shape index (κ1) is 17.0. The number of likely N-dealkylation sites (tertiary alicyclic amines) is 1. The van der Waals surface area contributed by atoms with E-state index in [1.807, 2.05) is 43.0 Å². The zero-order chi connectivity index (χ0) is 18.1. The number of hydrogen-bond donors (Lipinski definition) is 0. The van der Waals surface area contributed by atoms with E-state index in [0.29, 0.717) is 25.3 Å². The van der Waals surface area contributed by atoms with Gasteiger partial charge in [0, 0.05) is 36.0 Å². The Morgan fingerprint density at radius 3 is 2.77 bits per heavy atom. The van der Waals surface area contributed by atoms with Crippen LogP contribution in [0.1, 0.15) is 34.6 Å². The Morgan fingerprint density at radius 1 is 1.31 bits per heavy atom. The van der Waals surface area contributed by atoms with Crippen molar-refractivity contribution in [3.8, 4) is 5.75 Å². The van der Waals surface area contributed by atoms with Crippen LogP contribution in [0.4, 0.5) is 0 Å². The van der Waals surface area contributed by atoms with Crippen LogP contribution in [0.2, 0.25) is 0 Å². The predicted molar refractivity (Wildman–Crippen MR) is 96.2 cm³/mol. The maximum absolute atomic E-state index is 12.7. The molecule has 2 aromatic rings. The maximum Gasteiger partial charge on any atom is 0.254 e. The zero-order valence-electron chi connectivity index (χ0n) is 15.1. The summed E-state index contributed by atoms with van der Waals surface area (Å²) >= 11 is 0. The minimum absolute atomic E-state index is 0.0446. The molecule has 0 saturated carbocycles. The Bertz CT molecular complexity index is 783. The van der Waals surface area contributed by atoms with E-state index in [-0.39, 0.29) is 17.6 Å². The summed E-state index contributed by atoms with van der Waals surface area (Å²) < 4.78 is 12.1. The topological polar surface area (TPSA) is 64.6 Å². The van der Waals surface area contributed by atoms with Gasteiger partial charge in [0.25, 0.3) is 5.91 Å². The first-order chi connectivity index (χ1) is 12.5. The summed E-state index contributed by atoms with van der Waals surface area (Å²) in [5.41, 5.74) is 2.14. The van der Waals surface area contributed by atoms with Crippen LogP contribution in [-0.2, 0) is 4.74 Å². The molecule has 0 unspecified atom stereocenters. The molecule has 0 aliphatic carbocycles. The molecule has 2 aromatic heterocycles. The van der Waals surface area contributed by atoms with E-state index in [4.69, 9.17) is 9.47 Å². The smallest absolute Gasteiger partial charge is 0.254 e. The van der Waals surface area contributed by atoms with Crippen molar-refractivity contribution in [1.82, 2.24) is 14.9 Å². The summed E-state index contributed by atoms with van der Waals surface area (Å²) in [6, 6.07) is 7.47. The third-order valence-corrected chi connectivity index (χ3v) is 4.96. The van der Waals surface area contributed by atoms with Crippen molar-refractivity contribution in [1.29, 1.82) is 0 Å². The SMILES string of the molecule is Cc1cc(C(=O)N2CC3(C[C@H](Oc4cccnc4)CCO3)C2)cc(C)n1. The van der Waals surface area contributed by atoms with Gasteiger partial charge in [-0.1, -0.05) is 0 Å². The number of amides is 1. The standard InChI is InChI=1S/C20H23N3O3/c1-14-8-16(9-15(2)22-14)19(24)23-12-20(13-23)10-17(5-7-25-20)26-18-4-3-6-21-11-18/h3-4,6,8-9,11,17H,5,7,10,12-13H2,1-2H3/t17-/m1/s1. The van der Waals surface area contributed by atoms with Gasteiger partial charge in [0.1, 0.15) is 17.5 Å². The highest BCUT2D eigenvalue weighted by atomic mass is 16.5. The van der Waals surface area contributed by atoms with Crippen molar-refractivity contribution < 1.29 is 14.3 Å². The number of pyridine rings is 2. The second-order valence-corrected chi connectivity index (χ2v) is 7.25. The molecule has 2 aliphatic heterocycles. The van der Waals surface area contributed by atoms with Gasteiger partial charge in [-0.25, -0.2) is 0 Å². The summed E-state index contributed by atoms with van der Waals surface area (Å²) in [6.45, 7) is 5.69. The van der Waals surface area contributed by atoms with E-state index < -0.39 is 0 Å². The molecule has 4 heterocycles. The van der Waals surface area contributed by atoms with Gasteiger partial charge in [-0.2, -0.15) is 0 Å². The van der Waals surface area contributed by atoms with Crippen molar-refractivity contribution in [3.05, 3.63) is 53.6 Å². The summed E-state index contributed by atoms with van der Waals surface area (Å²) in [6.07, 6.45) is 5.20. The van der Waals surface area contributed by atoms with Gasteiger partial charge >= 0.3 is 0 Å². The van der Waals surface area contributed by atoms with E-state index >= 15 is 0 Å². The van der Waals surface area contributed by atoms with Crippen LogP contribution in [0.5, 0.6) is 5.75 Å². The Kier molecular flexibility index (Phi) is 4.36. The van der Waals surface area contributed by atoms with Crippen molar-refractivity contribution in [2.24, 2.45) is 0 Å². The van der Waals surface area contributed by atoms with Crippen LogP contribution in [0.25, 0.3) is 0 Å². The largest absolute Gasteiger partial charge is 0.489 e. The molecule has 6 nitrogen and oxygen atoms in total.